The summed E-state index contributed by atoms with van der Waals surface area (Å²) < 4.78 is 25.9. The minimum absolute atomic E-state index is 0.150. The molecule has 16 heavy (non-hydrogen) atoms. The number of hydrogen-bond acceptors (Lipinski definition) is 2. The molecular formula is C9H7BrF2INO2. The van der Waals surface area contributed by atoms with Crippen molar-refractivity contribution in [3.63, 3.8) is 0 Å². The number of alkyl halides is 3. The molecule has 1 heterocycles. The van der Waals surface area contributed by atoms with Crippen molar-refractivity contribution in [3.8, 4) is 0 Å². The first kappa shape index (κ1) is 13.8. The molecule has 1 rings (SSSR count). The van der Waals surface area contributed by atoms with Crippen LogP contribution in [0.1, 0.15) is 23.4 Å². The van der Waals surface area contributed by atoms with Gasteiger partial charge in [-0.25, -0.2) is 8.78 Å². The second kappa shape index (κ2) is 5.85. The van der Waals surface area contributed by atoms with E-state index in [-0.39, 0.29) is 23.1 Å². The third-order valence-corrected chi connectivity index (χ3v) is 3.35. The van der Waals surface area contributed by atoms with Crippen molar-refractivity contribution in [1.29, 1.82) is 0 Å². The number of nitrogens with zero attached hydrogens (tertiary/aromatic N) is 1. The standard InChI is InChI=1S/C9H7BrF2INO2/c10-3-5-6(13)1-4(2-7(15)16)14-8(5)9(11)12/h1,9H,2-3H2,(H,15,16). The molecule has 3 nitrogen and oxygen atoms in total. The van der Waals surface area contributed by atoms with Crippen molar-refractivity contribution in [2.45, 2.75) is 18.2 Å². The number of pyridine rings is 1. The monoisotopic (exact) mass is 405 g/mol. The summed E-state index contributed by atoms with van der Waals surface area (Å²) in [7, 11) is 0. The number of aromatic nitrogens is 1. The smallest absolute Gasteiger partial charge is 0.309 e. The summed E-state index contributed by atoms with van der Waals surface area (Å²) in [5, 5.41) is 8.84. The average molecular weight is 406 g/mol. The molecule has 0 aliphatic rings. The summed E-state index contributed by atoms with van der Waals surface area (Å²) in [4.78, 5) is 14.2. The molecule has 0 fully saturated rings. The van der Waals surface area contributed by atoms with Crippen molar-refractivity contribution in [2.75, 3.05) is 0 Å². The van der Waals surface area contributed by atoms with Gasteiger partial charge < -0.3 is 5.11 Å². The Balaban J connectivity index is 3.22. The lowest BCUT2D eigenvalue weighted by molar-refractivity contribution is -0.136. The molecule has 1 N–H and O–H groups in total. The maximum absolute atomic E-state index is 12.7. The van der Waals surface area contributed by atoms with E-state index in [9.17, 15) is 13.6 Å². The van der Waals surface area contributed by atoms with Gasteiger partial charge in [-0.1, -0.05) is 15.9 Å². The molecule has 0 aromatic carbocycles. The van der Waals surface area contributed by atoms with Crippen LogP contribution in [0, 0.1) is 3.57 Å². The lowest BCUT2D eigenvalue weighted by Gasteiger charge is -2.09. The largest absolute Gasteiger partial charge is 0.481 e. The van der Waals surface area contributed by atoms with Gasteiger partial charge in [-0.3, -0.25) is 9.78 Å². The predicted octanol–water partition coefficient (Wildman–Crippen LogP) is 3.15. The molecule has 0 bridgehead atoms. The maximum Gasteiger partial charge on any atom is 0.309 e. The Hall–Kier alpha value is -0.310. The molecule has 0 spiro atoms. The van der Waals surface area contributed by atoms with Gasteiger partial charge in [0.05, 0.1) is 12.1 Å². The Morgan fingerprint density at radius 3 is 2.69 bits per heavy atom. The second-order valence-corrected chi connectivity index (χ2v) is 4.69. The molecule has 0 unspecified atom stereocenters. The third-order valence-electron chi connectivity index (χ3n) is 1.83. The first-order chi connectivity index (χ1) is 7.45. The molecule has 0 atom stereocenters. The number of rotatable bonds is 4. The zero-order chi connectivity index (χ0) is 12.3. The molecule has 0 saturated carbocycles. The van der Waals surface area contributed by atoms with Gasteiger partial charge in [0.15, 0.2) is 0 Å². The Morgan fingerprint density at radius 1 is 1.62 bits per heavy atom. The molecule has 1 aromatic rings. The van der Waals surface area contributed by atoms with Gasteiger partial charge >= 0.3 is 5.97 Å². The number of hydrogen-bond donors (Lipinski definition) is 1. The zero-order valence-electron chi connectivity index (χ0n) is 7.88. The molecule has 88 valence electrons. The minimum atomic E-state index is -2.70. The fraction of sp³-hybridized carbons (Fsp3) is 0.333. The summed E-state index contributed by atoms with van der Waals surface area (Å²) in [5.41, 5.74) is 0.210. The van der Waals surface area contributed by atoms with E-state index in [0.717, 1.165) is 0 Å². The van der Waals surface area contributed by atoms with E-state index in [0.29, 0.717) is 9.13 Å². The van der Waals surface area contributed by atoms with Gasteiger partial charge in [-0.05, 0) is 28.7 Å². The van der Waals surface area contributed by atoms with Gasteiger partial charge in [0.2, 0.25) is 0 Å². The highest BCUT2D eigenvalue weighted by Crippen LogP contribution is 2.27. The average Bonchev–Trinajstić information content (AvgIpc) is 2.15. The van der Waals surface area contributed by atoms with Crippen molar-refractivity contribution in [2.24, 2.45) is 0 Å². The Kier molecular flexibility index (Phi) is 5.03. The molecular weight excluding hydrogens is 399 g/mol. The molecule has 7 heteroatoms. The highest BCUT2D eigenvalue weighted by molar-refractivity contribution is 14.1. The highest BCUT2D eigenvalue weighted by Gasteiger charge is 2.18. The van der Waals surface area contributed by atoms with Crippen LogP contribution in [-0.4, -0.2) is 16.1 Å². The first-order valence-electron chi connectivity index (χ1n) is 4.19. The molecule has 0 aliphatic carbocycles. The van der Waals surface area contributed by atoms with E-state index < -0.39 is 12.4 Å². The van der Waals surface area contributed by atoms with E-state index >= 15 is 0 Å². The molecule has 0 amide bonds. The van der Waals surface area contributed by atoms with Crippen LogP contribution in [0.5, 0.6) is 0 Å². The van der Waals surface area contributed by atoms with Crippen LogP contribution in [0.25, 0.3) is 0 Å². The van der Waals surface area contributed by atoms with Gasteiger partial charge in [0, 0.05) is 14.5 Å². The summed E-state index contributed by atoms with van der Waals surface area (Å²) in [6.45, 7) is 0. The van der Waals surface area contributed by atoms with E-state index in [1.54, 1.807) is 0 Å². The summed E-state index contributed by atoms with van der Waals surface area (Å²) in [5.74, 6) is -1.09. The molecule has 0 aliphatic heterocycles. The fourth-order valence-corrected chi connectivity index (χ4v) is 3.11. The Morgan fingerprint density at radius 2 is 2.25 bits per heavy atom. The third kappa shape index (κ3) is 3.34. The van der Waals surface area contributed by atoms with Crippen LogP contribution in [0.3, 0.4) is 0 Å². The predicted molar refractivity (Wildman–Crippen MR) is 65.9 cm³/mol. The van der Waals surface area contributed by atoms with Crippen LogP contribution < -0.4 is 0 Å². The second-order valence-electron chi connectivity index (χ2n) is 2.96. The normalized spacial score (nSPS) is 10.8. The Bertz CT molecular complexity index is 415. The Labute approximate surface area is 113 Å². The number of carboxylic acids is 1. The van der Waals surface area contributed by atoms with Crippen LogP contribution in [0.15, 0.2) is 6.07 Å². The van der Waals surface area contributed by atoms with E-state index in [4.69, 9.17) is 5.11 Å². The lowest BCUT2D eigenvalue weighted by atomic mass is 10.1. The van der Waals surface area contributed by atoms with Crippen molar-refractivity contribution in [1.82, 2.24) is 4.98 Å². The lowest BCUT2D eigenvalue weighted by Crippen LogP contribution is -2.08. The van der Waals surface area contributed by atoms with Gasteiger partial charge in [0.1, 0.15) is 5.69 Å². The number of carboxylic acid groups (broad SMARTS) is 1. The molecule has 0 radical (unpaired) electrons. The SMILES string of the molecule is O=C(O)Cc1cc(I)c(CBr)c(C(F)F)n1. The van der Waals surface area contributed by atoms with Gasteiger partial charge in [-0.2, -0.15) is 0 Å². The zero-order valence-corrected chi connectivity index (χ0v) is 11.6. The topological polar surface area (TPSA) is 50.2 Å². The summed E-state index contributed by atoms with van der Waals surface area (Å²) >= 11 is 5.00. The van der Waals surface area contributed by atoms with Crippen LogP contribution in [0.4, 0.5) is 8.78 Å². The summed E-state index contributed by atoms with van der Waals surface area (Å²) in [6.07, 6.45) is -3.05. The highest BCUT2D eigenvalue weighted by atomic mass is 127. The number of aliphatic carboxylic acids is 1. The van der Waals surface area contributed by atoms with Crippen LogP contribution in [-0.2, 0) is 16.5 Å². The van der Waals surface area contributed by atoms with Crippen molar-refractivity contribution >= 4 is 44.5 Å². The van der Waals surface area contributed by atoms with Crippen molar-refractivity contribution < 1.29 is 18.7 Å². The van der Waals surface area contributed by atoms with Crippen LogP contribution >= 0.6 is 38.5 Å². The first-order valence-corrected chi connectivity index (χ1v) is 6.39. The minimum Gasteiger partial charge on any atom is -0.481 e. The quantitative estimate of drug-likeness (QED) is 0.618. The number of carbonyl (C=O) groups is 1. The van der Waals surface area contributed by atoms with Gasteiger partial charge in [0.25, 0.3) is 6.43 Å². The van der Waals surface area contributed by atoms with Crippen LogP contribution in [0.2, 0.25) is 0 Å². The molecule has 1 aromatic heterocycles. The fourth-order valence-electron chi connectivity index (χ4n) is 1.17. The molecule has 0 saturated heterocycles. The van der Waals surface area contributed by atoms with E-state index in [2.05, 4.69) is 20.9 Å². The van der Waals surface area contributed by atoms with E-state index in [1.165, 1.54) is 6.07 Å². The maximum atomic E-state index is 12.7. The summed E-state index contributed by atoms with van der Waals surface area (Å²) in [6, 6.07) is 1.51. The van der Waals surface area contributed by atoms with Crippen molar-refractivity contribution in [3.05, 3.63) is 26.6 Å². The number of halogens is 4. The van der Waals surface area contributed by atoms with Gasteiger partial charge in [-0.15, -0.1) is 0 Å². The van der Waals surface area contributed by atoms with E-state index in [1.807, 2.05) is 22.6 Å².